The van der Waals surface area contributed by atoms with E-state index in [0.717, 1.165) is 30.8 Å². The van der Waals surface area contributed by atoms with Gasteiger partial charge < -0.3 is 5.73 Å². The van der Waals surface area contributed by atoms with Crippen molar-refractivity contribution in [3.05, 3.63) is 59.2 Å². The average Bonchev–Trinajstić information content (AvgIpc) is 2.67. The Morgan fingerprint density at radius 2 is 2.06 bits per heavy atom. The van der Waals surface area contributed by atoms with E-state index in [1.165, 1.54) is 11.1 Å². The van der Waals surface area contributed by atoms with E-state index in [1.807, 2.05) is 24.4 Å². The summed E-state index contributed by atoms with van der Waals surface area (Å²) in [5.74, 6) is 0.860. The van der Waals surface area contributed by atoms with E-state index in [4.69, 9.17) is 5.73 Å². The molecule has 3 rings (SSSR count). The third-order valence-corrected chi connectivity index (χ3v) is 3.57. The van der Waals surface area contributed by atoms with Gasteiger partial charge in [-0.25, -0.2) is 9.97 Å². The molecule has 0 saturated carbocycles. The summed E-state index contributed by atoms with van der Waals surface area (Å²) >= 11 is 0. The maximum atomic E-state index is 6.26. The van der Waals surface area contributed by atoms with E-state index in [-0.39, 0.29) is 5.54 Å². The van der Waals surface area contributed by atoms with Gasteiger partial charge in [0.15, 0.2) is 0 Å². The molecule has 92 valence electrons. The molecule has 0 aliphatic heterocycles. The van der Waals surface area contributed by atoms with Gasteiger partial charge in [0.25, 0.3) is 0 Å². The Kier molecular flexibility index (Phi) is 2.63. The predicted octanol–water partition coefficient (Wildman–Crippen LogP) is 2.19. The summed E-state index contributed by atoms with van der Waals surface area (Å²) in [5, 5.41) is 0. The lowest BCUT2D eigenvalue weighted by Gasteiger charge is -2.17. The smallest absolute Gasteiger partial charge is 0.133 e. The van der Waals surface area contributed by atoms with Crippen molar-refractivity contribution in [2.24, 2.45) is 5.73 Å². The minimum atomic E-state index is -0.288. The van der Waals surface area contributed by atoms with Crippen LogP contribution in [0.25, 0.3) is 0 Å². The van der Waals surface area contributed by atoms with Gasteiger partial charge >= 0.3 is 0 Å². The van der Waals surface area contributed by atoms with Gasteiger partial charge in [-0.15, -0.1) is 0 Å². The van der Waals surface area contributed by atoms with Gasteiger partial charge in [-0.1, -0.05) is 30.3 Å². The molecule has 1 aliphatic rings. The van der Waals surface area contributed by atoms with Gasteiger partial charge in [-0.05, 0) is 30.9 Å². The first-order valence-corrected chi connectivity index (χ1v) is 6.33. The van der Waals surface area contributed by atoms with Crippen molar-refractivity contribution in [3.8, 4) is 0 Å². The second kappa shape index (κ2) is 4.18. The molecule has 2 aromatic rings. The fourth-order valence-electron chi connectivity index (χ4n) is 2.50. The summed E-state index contributed by atoms with van der Waals surface area (Å²) in [6.45, 7) is 2.05. The minimum Gasteiger partial charge on any atom is -0.320 e. The van der Waals surface area contributed by atoms with Crippen molar-refractivity contribution in [3.63, 3.8) is 0 Å². The molecule has 0 fully saturated rings. The van der Waals surface area contributed by atoms with E-state index in [2.05, 4.69) is 29.0 Å². The van der Waals surface area contributed by atoms with Crippen LogP contribution in [0.5, 0.6) is 0 Å². The fraction of sp³-hybridized carbons (Fsp3) is 0.333. The van der Waals surface area contributed by atoms with Crippen molar-refractivity contribution >= 4 is 0 Å². The first-order valence-electron chi connectivity index (χ1n) is 6.33. The van der Waals surface area contributed by atoms with E-state index in [1.54, 1.807) is 0 Å². The normalized spacial score (nSPS) is 21.9. The Balaban J connectivity index is 1.92. The van der Waals surface area contributed by atoms with Gasteiger partial charge in [0.2, 0.25) is 0 Å². The first kappa shape index (κ1) is 11.4. The van der Waals surface area contributed by atoms with Crippen LogP contribution in [0.3, 0.4) is 0 Å². The molecule has 2 N–H and O–H groups in total. The highest BCUT2D eigenvalue weighted by Crippen LogP contribution is 2.32. The van der Waals surface area contributed by atoms with E-state index in [0.29, 0.717) is 0 Å². The molecule has 1 atom stereocenters. The number of nitrogens with two attached hydrogens (primary N) is 1. The van der Waals surface area contributed by atoms with Gasteiger partial charge in [0.05, 0.1) is 11.2 Å². The Morgan fingerprint density at radius 1 is 1.28 bits per heavy atom. The zero-order valence-corrected chi connectivity index (χ0v) is 10.6. The highest BCUT2D eigenvalue weighted by Gasteiger charge is 2.32. The molecule has 3 heteroatoms. The number of fused-ring (bicyclic) bond motifs is 1. The number of nitrogens with zero attached hydrogens (tertiary/aromatic N) is 2. The molecule has 0 amide bonds. The Hall–Kier alpha value is -1.74. The number of hydrogen-bond acceptors (Lipinski definition) is 3. The zero-order valence-electron chi connectivity index (χ0n) is 10.6. The van der Waals surface area contributed by atoms with Gasteiger partial charge in [-0.2, -0.15) is 0 Å². The average molecular weight is 239 g/mol. The molecule has 0 saturated heterocycles. The van der Waals surface area contributed by atoms with Crippen LogP contribution in [0.15, 0.2) is 36.5 Å². The van der Waals surface area contributed by atoms with E-state index >= 15 is 0 Å². The van der Waals surface area contributed by atoms with Crippen molar-refractivity contribution in [2.45, 2.75) is 31.7 Å². The molecule has 0 radical (unpaired) electrons. The third kappa shape index (κ3) is 2.02. The first-order chi connectivity index (χ1) is 8.65. The summed E-state index contributed by atoms with van der Waals surface area (Å²) in [7, 11) is 0. The largest absolute Gasteiger partial charge is 0.320 e. The third-order valence-electron chi connectivity index (χ3n) is 3.57. The lowest BCUT2D eigenvalue weighted by atomic mass is 10.0. The van der Waals surface area contributed by atoms with Crippen molar-refractivity contribution in [1.82, 2.24) is 9.97 Å². The fourth-order valence-corrected chi connectivity index (χ4v) is 2.50. The highest BCUT2D eigenvalue weighted by atomic mass is 14.9. The maximum Gasteiger partial charge on any atom is 0.133 e. The van der Waals surface area contributed by atoms with Crippen LogP contribution in [0.2, 0.25) is 0 Å². The molecule has 1 aliphatic carbocycles. The van der Waals surface area contributed by atoms with E-state index in [9.17, 15) is 0 Å². The van der Waals surface area contributed by atoms with Crippen LogP contribution in [0.1, 0.15) is 36.0 Å². The van der Waals surface area contributed by atoms with Crippen LogP contribution < -0.4 is 5.73 Å². The van der Waals surface area contributed by atoms with Gasteiger partial charge in [-0.3, -0.25) is 0 Å². The molecular weight excluding hydrogens is 222 g/mol. The molecular formula is C15H17N3. The molecule has 0 spiro atoms. The summed E-state index contributed by atoms with van der Waals surface area (Å²) in [6, 6.07) is 10.3. The number of aromatic nitrogens is 2. The van der Waals surface area contributed by atoms with Crippen LogP contribution in [-0.4, -0.2) is 9.97 Å². The quantitative estimate of drug-likeness (QED) is 0.874. The zero-order chi connectivity index (χ0) is 12.6. The SMILES string of the molecule is CC1(N)CCc2cnc(Cc3ccccc3)nc21. The minimum absolute atomic E-state index is 0.288. The molecule has 18 heavy (non-hydrogen) atoms. The van der Waals surface area contributed by atoms with Crippen LogP contribution in [-0.2, 0) is 18.4 Å². The number of aryl methyl sites for hydroxylation is 1. The number of hydrogen-bond donors (Lipinski definition) is 1. The lowest BCUT2D eigenvalue weighted by Crippen LogP contribution is -2.31. The molecule has 1 unspecified atom stereocenters. The second-order valence-electron chi connectivity index (χ2n) is 5.24. The molecule has 3 nitrogen and oxygen atoms in total. The second-order valence-corrected chi connectivity index (χ2v) is 5.24. The van der Waals surface area contributed by atoms with Crippen LogP contribution >= 0.6 is 0 Å². The van der Waals surface area contributed by atoms with Crippen molar-refractivity contribution in [1.29, 1.82) is 0 Å². The maximum absolute atomic E-state index is 6.26. The summed E-state index contributed by atoms with van der Waals surface area (Å²) in [6.07, 6.45) is 4.67. The molecule has 1 heterocycles. The van der Waals surface area contributed by atoms with Gasteiger partial charge in [0.1, 0.15) is 5.82 Å². The Labute approximate surface area is 107 Å². The van der Waals surface area contributed by atoms with Crippen molar-refractivity contribution in [2.75, 3.05) is 0 Å². The number of rotatable bonds is 2. The van der Waals surface area contributed by atoms with Crippen LogP contribution in [0, 0.1) is 0 Å². The van der Waals surface area contributed by atoms with Crippen LogP contribution in [0.4, 0.5) is 0 Å². The summed E-state index contributed by atoms with van der Waals surface area (Å²) in [5.41, 5.74) is 9.44. The molecule has 1 aromatic carbocycles. The van der Waals surface area contributed by atoms with Gasteiger partial charge in [0, 0.05) is 12.6 Å². The monoisotopic (exact) mass is 239 g/mol. The standard InChI is InChI=1S/C15H17N3/c1-15(16)8-7-12-10-17-13(18-14(12)15)9-11-5-3-2-4-6-11/h2-6,10H,7-9,16H2,1H3. The Morgan fingerprint density at radius 3 is 2.83 bits per heavy atom. The topological polar surface area (TPSA) is 51.8 Å². The highest BCUT2D eigenvalue weighted by molar-refractivity contribution is 5.31. The molecule has 0 bridgehead atoms. The molecule has 1 aromatic heterocycles. The number of benzene rings is 1. The summed E-state index contributed by atoms with van der Waals surface area (Å²) < 4.78 is 0. The van der Waals surface area contributed by atoms with E-state index < -0.39 is 0 Å². The predicted molar refractivity (Wildman–Crippen MR) is 71.1 cm³/mol. The lowest BCUT2D eigenvalue weighted by molar-refractivity contribution is 0.478. The summed E-state index contributed by atoms with van der Waals surface area (Å²) in [4.78, 5) is 9.11. The Bertz CT molecular complexity index is 561. The van der Waals surface area contributed by atoms with Crippen molar-refractivity contribution < 1.29 is 0 Å².